The van der Waals surface area contributed by atoms with Crippen molar-refractivity contribution in [1.29, 1.82) is 0 Å². The Labute approximate surface area is 413 Å². The summed E-state index contributed by atoms with van der Waals surface area (Å²) in [5.41, 5.74) is -0.121. The first kappa shape index (κ1) is 49.4. The lowest BCUT2D eigenvalue weighted by Crippen LogP contribution is -2.71. The van der Waals surface area contributed by atoms with E-state index in [1.165, 1.54) is 17.4 Å². The number of nitrogens with zero attached hydrogens (tertiary/aromatic N) is 4. The van der Waals surface area contributed by atoms with Gasteiger partial charge in [0.25, 0.3) is 11.8 Å². The van der Waals surface area contributed by atoms with Crippen LogP contribution in [0.2, 0.25) is 0 Å². The van der Waals surface area contributed by atoms with E-state index in [2.05, 4.69) is 20.8 Å². The molecule has 0 saturated carbocycles. The predicted molar refractivity (Wildman–Crippen MR) is 263 cm³/mol. The highest BCUT2D eigenvalue weighted by Crippen LogP contribution is 2.43. The van der Waals surface area contributed by atoms with Crippen molar-refractivity contribution < 1.29 is 51.4 Å². The third-order valence-corrected chi connectivity index (χ3v) is 14.9. The number of hydrogen-bond acceptors (Lipinski definition) is 15. The Morgan fingerprint density at radius 3 is 2.04 bits per heavy atom. The van der Waals surface area contributed by atoms with Crippen LogP contribution in [0.5, 0.6) is 5.75 Å². The Bertz CT molecular complexity index is 2830. The lowest BCUT2D eigenvalue weighted by molar-refractivity contribution is -0.153. The highest BCUT2D eigenvalue weighted by molar-refractivity contribution is 8.00. The molecule has 0 bridgehead atoms. The van der Waals surface area contributed by atoms with Crippen LogP contribution in [0.1, 0.15) is 61.6 Å². The summed E-state index contributed by atoms with van der Waals surface area (Å²) in [5, 5.41) is 10.7. The van der Waals surface area contributed by atoms with Gasteiger partial charge >= 0.3 is 12.1 Å². The van der Waals surface area contributed by atoms with Gasteiger partial charge in [0, 0.05) is 40.8 Å². The number of likely N-dealkylation sites (tertiary alicyclic amines) is 1. The van der Waals surface area contributed by atoms with Crippen molar-refractivity contribution in [2.24, 2.45) is 5.16 Å². The fourth-order valence-electron chi connectivity index (χ4n) is 8.15. The zero-order valence-electron chi connectivity index (χ0n) is 38.7. The summed E-state index contributed by atoms with van der Waals surface area (Å²) in [7, 11) is -2.49. The molecule has 17 nitrogen and oxygen atoms in total. The number of oxime groups is 1. The topological polar surface area (TPSA) is 212 Å². The largest absolute Gasteiger partial charge is 0.497 e. The van der Waals surface area contributed by atoms with Crippen molar-refractivity contribution >= 4 is 73.6 Å². The number of nitrogens with one attached hydrogen (secondary N) is 2. The highest BCUT2D eigenvalue weighted by Gasteiger charge is 2.55. The lowest BCUT2D eigenvalue weighted by Gasteiger charge is -2.49. The van der Waals surface area contributed by atoms with Gasteiger partial charge in [0.2, 0.25) is 11.5 Å². The SMILES string of the molecule is COc1ccc(COC(=O)C2=C(CS(=O)(=O)CN3CCCC3=O)CS[C@@H]3C(NC(=O)/C(=N\OC(c4ccccc4)(c4ccccc4)c4ccccc4)c4csc(NC(=O)OC(C)(C)C)n4)C(=O)N23)cc1. The van der Waals surface area contributed by atoms with Gasteiger partial charge in [-0.25, -0.2) is 23.0 Å². The first-order valence-corrected chi connectivity index (χ1v) is 25.9. The Hall–Kier alpha value is -7.03. The van der Waals surface area contributed by atoms with Crippen LogP contribution >= 0.6 is 23.1 Å². The normalized spacial score (nSPS) is 17.3. The molecule has 1 unspecified atom stereocenters. The van der Waals surface area contributed by atoms with Gasteiger partial charge in [0.05, 0.1) is 12.9 Å². The number of benzene rings is 4. The van der Waals surface area contributed by atoms with Crippen molar-refractivity contribution in [2.75, 3.05) is 36.4 Å². The van der Waals surface area contributed by atoms with Gasteiger partial charge in [-0.3, -0.25) is 24.6 Å². The number of fused-ring (bicyclic) bond motifs is 1. The minimum Gasteiger partial charge on any atom is -0.497 e. The molecule has 364 valence electrons. The Kier molecular flexibility index (Phi) is 14.8. The van der Waals surface area contributed by atoms with Crippen LogP contribution in [0, 0.1) is 0 Å². The zero-order chi connectivity index (χ0) is 49.6. The van der Waals surface area contributed by atoms with E-state index in [4.69, 9.17) is 19.0 Å². The summed E-state index contributed by atoms with van der Waals surface area (Å²) in [4.78, 5) is 82.1. The van der Waals surface area contributed by atoms with Crippen LogP contribution in [0.4, 0.5) is 9.93 Å². The van der Waals surface area contributed by atoms with Crippen molar-refractivity contribution in [1.82, 2.24) is 20.1 Å². The van der Waals surface area contributed by atoms with Gasteiger partial charge in [-0.05, 0) is 50.5 Å². The van der Waals surface area contributed by atoms with Crippen LogP contribution in [0.15, 0.2) is 137 Å². The second kappa shape index (κ2) is 20.9. The number of aromatic nitrogens is 1. The average Bonchev–Trinajstić information content (AvgIpc) is 3.98. The minimum atomic E-state index is -4.01. The van der Waals surface area contributed by atoms with Crippen molar-refractivity contribution in [3.8, 4) is 5.75 Å². The van der Waals surface area contributed by atoms with Crippen molar-refractivity contribution in [3.05, 3.63) is 160 Å². The average molecular weight is 1010 g/mol. The van der Waals surface area contributed by atoms with E-state index in [1.807, 2.05) is 91.0 Å². The van der Waals surface area contributed by atoms with Gasteiger partial charge < -0.3 is 29.3 Å². The standard InChI is InChI=1S/C50H50N6O11S3/c1-49(2,3)66-48(61)53-47-51-38(29-69-47)40(54-67-50(34-15-8-5-9-16-34,35-17-10-6-11-18-35)36-19-12-7-13-20-36)43(58)52-41-44(59)56-42(46(60)65-27-32-22-24-37(64-4)25-23-32)33(28-68-45(41)56)30-70(62,63)31-55-26-14-21-39(55)57/h5-13,15-20,22-25,29,41,45H,14,21,26-28,30-31H2,1-4H3,(H,52,58)(H,51,53,61)/b54-40-/t41?,45-/m1/s1. The molecule has 5 aromatic rings. The van der Waals surface area contributed by atoms with Gasteiger partial charge in [-0.2, -0.15) is 0 Å². The number of carbonyl (C=O) groups excluding carboxylic acids is 5. The molecule has 0 radical (unpaired) electrons. The Balaban J connectivity index is 1.13. The maximum Gasteiger partial charge on any atom is 0.413 e. The number of hydrogen-bond donors (Lipinski definition) is 2. The van der Waals surface area contributed by atoms with E-state index in [-0.39, 0.29) is 52.5 Å². The number of sulfone groups is 1. The second-order valence-corrected chi connectivity index (χ2v) is 21.5. The summed E-state index contributed by atoms with van der Waals surface area (Å²) in [6.07, 6.45) is 0.000497. The van der Waals surface area contributed by atoms with Gasteiger partial charge in [0.1, 0.15) is 46.6 Å². The molecule has 2 fully saturated rings. The molecular weight excluding hydrogens is 957 g/mol. The van der Waals surface area contributed by atoms with Crippen LogP contribution in [-0.4, -0.2) is 107 Å². The fourth-order valence-corrected chi connectivity index (χ4v) is 11.9. The molecule has 4 heterocycles. The summed E-state index contributed by atoms with van der Waals surface area (Å²) in [6.45, 7) is 5.22. The van der Waals surface area contributed by atoms with E-state index < -0.39 is 68.0 Å². The number of anilines is 1. The number of methoxy groups -OCH3 is 1. The van der Waals surface area contributed by atoms with E-state index >= 15 is 0 Å². The van der Waals surface area contributed by atoms with E-state index in [0.29, 0.717) is 41.0 Å². The number of esters is 1. The van der Waals surface area contributed by atoms with E-state index in [0.717, 1.165) is 28.0 Å². The molecule has 3 aliphatic heterocycles. The van der Waals surface area contributed by atoms with Gasteiger partial charge in [0.15, 0.2) is 20.7 Å². The smallest absolute Gasteiger partial charge is 0.413 e. The number of carbonyl (C=O) groups is 5. The molecule has 3 aliphatic rings. The van der Waals surface area contributed by atoms with Crippen LogP contribution < -0.4 is 15.4 Å². The van der Waals surface area contributed by atoms with Crippen LogP contribution in [0.3, 0.4) is 0 Å². The number of β-lactam (4-membered cyclic amide) rings is 1. The zero-order valence-corrected chi connectivity index (χ0v) is 41.1. The summed E-state index contributed by atoms with van der Waals surface area (Å²) < 4.78 is 43.6. The number of ether oxygens (including phenoxy) is 3. The predicted octanol–water partition coefficient (Wildman–Crippen LogP) is 6.60. The second-order valence-electron chi connectivity index (χ2n) is 17.5. The van der Waals surface area contributed by atoms with Crippen LogP contribution in [0.25, 0.3) is 0 Å². The molecular formula is C50H50N6O11S3. The van der Waals surface area contributed by atoms with Crippen LogP contribution in [-0.2, 0) is 55.5 Å². The summed E-state index contributed by atoms with van der Waals surface area (Å²) in [5.74, 6) is -3.42. The maximum absolute atomic E-state index is 14.8. The first-order chi connectivity index (χ1) is 33.5. The minimum absolute atomic E-state index is 0.0109. The molecule has 2 N–H and O–H groups in total. The summed E-state index contributed by atoms with van der Waals surface area (Å²) >= 11 is 2.15. The third kappa shape index (κ3) is 11.0. The van der Waals surface area contributed by atoms with Crippen molar-refractivity contribution in [2.45, 2.75) is 62.8 Å². The molecule has 4 aromatic carbocycles. The fraction of sp³-hybridized carbons (Fsp3) is 0.300. The first-order valence-electron chi connectivity index (χ1n) is 22.2. The lowest BCUT2D eigenvalue weighted by atomic mass is 9.80. The number of rotatable bonds is 17. The Morgan fingerprint density at radius 2 is 1.49 bits per heavy atom. The molecule has 8 rings (SSSR count). The molecule has 20 heteroatoms. The summed E-state index contributed by atoms with van der Waals surface area (Å²) in [6, 6.07) is 33.5. The molecule has 0 spiro atoms. The Morgan fingerprint density at radius 1 is 0.871 bits per heavy atom. The number of amides is 4. The van der Waals surface area contributed by atoms with Crippen molar-refractivity contribution in [3.63, 3.8) is 0 Å². The quantitative estimate of drug-likeness (QED) is 0.0331. The van der Waals surface area contributed by atoms with E-state index in [1.54, 1.807) is 45.0 Å². The van der Waals surface area contributed by atoms with Gasteiger partial charge in [-0.1, -0.05) is 108 Å². The molecule has 70 heavy (non-hydrogen) atoms. The third-order valence-electron chi connectivity index (χ3n) is 11.4. The molecule has 2 saturated heterocycles. The molecule has 0 aliphatic carbocycles. The van der Waals surface area contributed by atoms with Gasteiger partial charge in [-0.15, -0.1) is 23.1 Å². The monoisotopic (exact) mass is 1010 g/mol. The maximum atomic E-state index is 14.8. The molecule has 1 aromatic heterocycles. The number of thiazole rings is 1. The highest BCUT2D eigenvalue weighted by atomic mass is 32.2. The molecule has 2 atom stereocenters. The number of thioether (sulfide) groups is 1. The molecule has 4 amide bonds. The van der Waals surface area contributed by atoms with E-state index in [9.17, 15) is 32.4 Å².